The quantitative estimate of drug-likeness (QED) is 0.256. The van der Waals surface area contributed by atoms with Gasteiger partial charge in [-0.2, -0.15) is 5.10 Å². The number of amides is 1. The first-order chi connectivity index (χ1) is 16.1. The molecule has 0 aromatic heterocycles. The first-order valence-electron chi connectivity index (χ1n) is 10.4. The predicted octanol–water partition coefficient (Wildman–Crippen LogP) is 3.84. The summed E-state index contributed by atoms with van der Waals surface area (Å²) in [6.07, 6.45) is 1.47. The van der Waals surface area contributed by atoms with Gasteiger partial charge in [-0.05, 0) is 61.0 Å². The third-order valence-electron chi connectivity index (χ3n) is 4.66. The van der Waals surface area contributed by atoms with Crippen molar-refractivity contribution < 1.29 is 28.5 Å². The Morgan fingerprint density at radius 2 is 1.73 bits per heavy atom. The lowest BCUT2D eigenvalue weighted by Crippen LogP contribution is -2.19. The van der Waals surface area contributed by atoms with Gasteiger partial charge >= 0.3 is 5.97 Å². The van der Waals surface area contributed by atoms with Crippen LogP contribution >= 0.6 is 0 Å². The smallest absolute Gasteiger partial charge is 0.343 e. The van der Waals surface area contributed by atoms with Crippen molar-refractivity contribution in [2.75, 3.05) is 19.8 Å². The number of hydrogen-bond donors (Lipinski definition) is 1. The highest BCUT2D eigenvalue weighted by Crippen LogP contribution is 2.31. The van der Waals surface area contributed by atoms with Crippen molar-refractivity contribution >= 4 is 18.1 Å². The van der Waals surface area contributed by atoms with E-state index in [1.54, 1.807) is 60.7 Å². The van der Waals surface area contributed by atoms with E-state index in [0.717, 1.165) is 0 Å². The van der Waals surface area contributed by atoms with Crippen molar-refractivity contribution in [1.29, 1.82) is 0 Å². The molecule has 0 saturated carbocycles. The number of carbonyl (C=O) groups is 2. The number of nitrogens with zero attached hydrogens (tertiary/aromatic N) is 1. The highest BCUT2D eigenvalue weighted by Gasteiger charge is 2.15. The van der Waals surface area contributed by atoms with Crippen molar-refractivity contribution in [1.82, 2.24) is 5.43 Å². The first-order valence-corrected chi connectivity index (χ1v) is 10.4. The summed E-state index contributed by atoms with van der Waals surface area (Å²) in [6.45, 7) is 3.14. The standard InChI is InChI=1S/C25H22N2O6/c1-2-30-22-14-17(8-10-21(22)33-25(29)18-6-4-3-5-7-18)16-26-27-24(28)19-9-11-20-23(15-19)32-13-12-31-20/h3-11,14-16H,2,12-13H2,1H3,(H,27,28). The molecule has 168 valence electrons. The molecule has 33 heavy (non-hydrogen) atoms. The number of hydrogen-bond acceptors (Lipinski definition) is 7. The number of hydrazone groups is 1. The number of rotatable bonds is 7. The summed E-state index contributed by atoms with van der Waals surface area (Å²) >= 11 is 0. The highest BCUT2D eigenvalue weighted by atomic mass is 16.6. The molecule has 8 nitrogen and oxygen atoms in total. The van der Waals surface area contributed by atoms with Gasteiger partial charge in [-0.1, -0.05) is 18.2 Å². The topological polar surface area (TPSA) is 95.5 Å². The van der Waals surface area contributed by atoms with Crippen LogP contribution in [0.2, 0.25) is 0 Å². The van der Waals surface area contributed by atoms with Gasteiger partial charge < -0.3 is 18.9 Å². The first kappa shape index (κ1) is 21.9. The van der Waals surface area contributed by atoms with Gasteiger partial charge in [0.05, 0.1) is 18.4 Å². The summed E-state index contributed by atoms with van der Waals surface area (Å²) in [7, 11) is 0. The van der Waals surface area contributed by atoms with Crippen LogP contribution < -0.4 is 24.4 Å². The zero-order valence-electron chi connectivity index (χ0n) is 17.9. The molecule has 3 aromatic rings. The number of ether oxygens (including phenoxy) is 4. The van der Waals surface area contributed by atoms with Crippen LogP contribution in [-0.2, 0) is 0 Å². The fourth-order valence-electron chi connectivity index (χ4n) is 3.11. The van der Waals surface area contributed by atoms with Crippen LogP contribution in [0.3, 0.4) is 0 Å². The van der Waals surface area contributed by atoms with Crippen LogP contribution in [0.4, 0.5) is 0 Å². The largest absolute Gasteiger partial charge is 0.490 e. The number of benzene rings is 3. The average Bonchev–Trinajstić information content (AvgIpc) is 2.85. The van der Waals surface area contributed by atoms with Crippen LogP contribution in [0.5, 0.6) is 23.0 Å². The van der Waals surface area contributed by atoms with Crippen LogP contribution in [-0.4, -0.2) is 37.9 Å². The lowest BCUT2D eigenvalue weighted by Gasteiger charge is -2.18. The zero-order chi connectivity index (χ0) is 23.0. The van der Waals surface area contributed by atoms with E-state index in [2.05, 4.69) is 10.5 Å². The van der Waals surface area contributed by atoms with Crippen LogP contribution in [0.15, 0.2) is 71.8 Å². The van der Waals surface area contributed by atoms with E-state index in [1.807, 2.05) is 13.0 Å². The number of esters is 1. The molecule has 0 aliphatic carbocycles. The lowest BCUT2D eigenvalue weighted by molar-refractivity contribution is 0.0728. The van der Waals surface area contributed by atoms with E-state index in [9.17, 15) is 9.59 Å². The van der Waals surface area contributed by atoms with Crippen molar-refractivity contribution in [2.24, 2.45) is 5.10 Å². The molecule has 1 aliphatic heterocycles. The van der Waals surface area contributed by atoms with Crippen molar-refractivity contribution in [3.05, 3.63) is 83.4 Å². The third-order valence-corrected chi connectivity index (χ3v) is 4.66. The molecular formula is C25H22N2O6. The Balaban J connectivity index is 1.42. The minimum Gasteiger partial charge on any atom is -0.490 e. The second-order valence-corrected chi connectivity index (χ2v) is 6.95. The Kier molecular flexibility index (Phi) is 6.84. The molecule has 0 bridgehead atoms. The molecule has 0 spiro atoms. The minimum atomic E-state index is -0.482. The molecule has 1 aliphatic rings. The molecule has 0 fully saturated rings. The normalized spacial score (nSPS) is 12.3. The second-order valence-electron chi connectivity index (χ2n) is 6.95. The molecule has 1 heterocycles. The molecule has 0 atom stereocenters. The molecule has 0 saturated heterocycles. The fraction of sp³-hybridized carbons (Fsp3) is 0.160. The molecule has 0 radical (unpaired) electrons. The summed E-state index contributed by atoms with van der Waals surface area (Å²) in [5.41, 5.74) is 3.97. The van der Waals surface area contributed by atoms with Gasteiger partial charge in [0.25, 0.3) is 5.91 Å². The maximum absolute atomic E-state index is 12.4. The van der Waals surface area contributed by atoms with E-state index in [0.29, 0.717) is 59.5 Å². The summed E-state index contributed by atoms with van der Waals surface area (Å²) in [6, 6.07) is 18.6. The maximum atomic E-state index is 12.4. The Bertz CT molecular complexity index is 1180. The Morgan fingerprint density at radius 1 is 0.939 bits per heavy atom. The SMILES string of the molecule is CCOc1cc(C=NNC(=O)c2ccc3c(c2)OCCO3)ccc1OC(=O)c1ccccc1. The van der Waals surface area contributed by atoms with Gasteiger partial charge in [-0.3, -0.25) is 4.79 Å². The second kappa shape index (κ2) is 10.3. The van der Waals surface area contributed by atoms with Gasteiger partial charge in [0.2, 0.25) is 0 Å². The van der Waals surface area contributed by atoms with Gasteiger partial charge in [0.15, 0.2) is 23.0 Å². The van der Waals surface area contributed by atoms with Crippen molar-refractivity contribution in [3.8, 4) is 23.0 Å². The van der Waals surface area contributed by atoms with Crippen molar-refractivity contribution in [3.63, 3.8) is 0 Å². The Morgan fingerprint density at radius 3 is 2.52 bits per heavy atom. The average molecular weight is 446 g/mol. The molecule has 4 rings (SSSR count). The molecular weight excluding hydrogens is 424 g/mol. The Labute approximate surface area is 190 Å². The van der Waals surface area contributed by atoms with Crippen LogP contribution in [0, 0.1) is 0 Å². The summed E-state index contributed by atoms with van der Waals surface area (Å²) in [5.74, 6) is 0.955. The van der Waals surface area contributed by atoms with Gasteiger partial charge in [-0.15, -0.1) is 0 Å². The third kappa shape index (κ3) is 5.48. The number of nitrogens with one attached hydrogen (secondary N) is 1. The van der Waals surface area contributed by atoms with Gasteiger partial charge in [0, 0.05) is 5.56 Å². The molecule has 0 unspecified atom stereocenters. The maximum Gasteiger partial charge on any atom is 0.343 e. The van der Waals surface area contributed by atoms with E-state index in [1.165, 1.54) is 6.21 Å². The van der Waals surface area contributed by atoms with Gasteiger partial charge in [-0.25, -0.2) is 10.2 Å². The van der Waals surface area contributed by atoms with E-state index in [-0.39, 0.29) is 5.91 Å². The predicted molar refractivity (Wildman–Crippen MR) is 122 cm³/mol. The van der Waals surface area contributed by atoms with Crippen LogP contribution in [0.25, 0.3) is 0 Å². The molecule has 1 N–H and O–H groups in total. The number of fused-ring (bicyclic) bond motifs is 1. The van der Waals surface area contributed by atoms with E-state index < -0.39 is 5.97 Å². The summed E-state index contributed by atoms with van der Waals surface area (Å²) < 4.78 is 22.1. The summed E-state index contributed by atoms with van der Waals surface area (Å²) in [5, 5.41) is 4.01. The lowest BCUT2D eigenvalue weighted by atomic mass is 10.2. The van der Waals surface area contributed by atoms with Crippen molar-refractivity contribution in [2.45, 2.75) is 6.92 Å². The minimum absolute atomic E-state index is 0.295. The van der Waals surface area contributed by atoms with E-state index in [4.69, 9.17) is 18.9 Å². The number of carbonyl (C=O) groups excluding carboxylic acids is 2. The fourth-order valence-corrected chi connectivity index (χ4v) is 3.11. The zero-order valence-corrected chi connectivity index (χ0v) is 17.9. The summed E-state index contributed by atoms with van der Waals surface area (Å²) in [4.78, 5) is 24.8. The molecule has 3 aromatic carbocycles. The highest BCUT2D eigenvalue weighted by molar-refractivity contribution is 5.95. The Hall–Kier alpha value is -4.33. The van der Waals surface area contributed by atoms with Gasteiger partial charge in [0.1, 0.15) is 13.2 Å². The molecule has 1 amide bonds. The monoisotopic (exact) mass is 446 g/mol. The van der Waals surface area contributed by atoms with E-state index >= 15 is 0 Å². The van der Waals surface area contributed by atoms with Crippen LogP contribution in [0.1, 0.15) is 33.2 Å². The molecule has 8 heteroatoms.